The fraction of sp³-hybridized carbons (Fsp3) is 0.641. The first-order chi connectivity index (χ1) is 56.9. The number of aromatic hydroxyl groups is 1. The number of carbonyl (C=O) groups excluding carboxylic acids is 16. The molecule has 0 aliphatic heterocycles. The van der Waals surface area contributed by atoms with Crippen molar-refractivity contribution >= 4 is 112 Å². The number of primary amides is 3. The predicted octanol–water partition coefficient (Wildman–Crippen LogP) is -4.54. The highest BCUT2D eigenvalue weighted by molar-refractivity contribution is 6.01. The molecule has 1 heterocycles. The number of nitrogens with two attached hydrogens (primary N) is 7. The Morgan fingerprint density at radius 2 is 0.918 bits per heavy atom. The Labute approximate surface area is 709 Å². The van der Waals surface area contributed by atoms with E-state index in [0.717, 1.165) is 6.92 Å². The number of aliphatic carboxylic acids is 2. The summed E-state index contributed by atoms with van der Waals surface area (Å²) in [6, 6.07) is -12.0. The summed E-state index contributed by atoms with van der Waals surface area (Å²) in [5.41, 5.74) is 37.2. The number of H-pyrrole nitrogens is 1. The molecule has 16 amide bonds. The van der Waals surface area contributed by atoms with Gasteiger partial charge in [-0.1, -0.05) is 79.9 Å². The van der Waals surface area contributed by atoms with Crippen LogP contribution >= 0.6 is 0 Å². The summed E-state index contributed by atoms with van der Waals surface area (Å²) in [7, 11) is 0. The average Bonchev–Trinajstić information content (AvgIpc) is 0.914. The number of benzene rings is 1. The van der Waals surface area contributed by atoms with Crippen LogP contribution in [0.3, 0.4) is 0 Å². The molecule has 13 unspecified atom stereocenters. The van der Waals surface area contributed by atoms with Crippen molar-refractivity contribution in [2.75, 3.05) is 13.1 Å². The van der Waals surface area contributed by atoms with Crippen LogP contribution in [0.2, 0.25) is 0 Å². The van der Waals surface area contributed by atoms with Gasteiger partial charge in [0.05, 0.1) is 11.9 Å². The number of aromatic nitrogens is 2. The van der Waals surface area contributed by atoms with Gasteiger partial charge in [0.2, 0.25) is 94.5 Å². The number of nitrogens with zero attached hydrogens (tertiary/aromatic N) is 2. The molecule has 0 bridgehead atoms. The number of nitrogens with one attached hydrogen (secondary N) is 14. The molecular weight excluding hydrogens is 1590 g/mol. The summed E-state index contributed by atoms with van der Waals surface area (Å²) >= 11 is 0. The number of aromatic amines is 1. The van der Waals surface area contributed by atoms with Crippen molar-refractivity contribution in [3.63, 3.8) is 0 Å². The molecule has 122 heavy (non-hydrogen) atoms. The molecule has 13 atom stereocenters. The number of carbonyl (C=O) groups is 18. The fourth-order valence-corrected chi connectivity index (χ4v) is 11.6. The zero-order valence-electron chi connectivity index (χ0n) is 71.9. The molecule has 44 heteroatoms. The van der Waals surface area contributed by atoms with Crippen LogP contribution < -0.4 is 109 Å². The van der Waals surface area contributed by atoms with Gasteiger partial charge in [0.25, 0.3) is 5.97 Å². The number of phenols is 1. The summed E-state index contributed by atoms with van der Waals surface area (Å²) in [6.45, 7) is 19.7. The van der Waals surface area contributed by atoms with Gasteiger partial charge in [-0.15, -0.1) is 0 Å². The van der Waals surface area contributed by atoms with Crippen molar-refractivity contribution in [3.05, 3.63) is 48.0 Å². The van der Waals surface area contributed by atoms with Crippen molar-refractivity contribution in [3.8, 4) is 5.75 Å². The lowest BCUT2D eigenvalue weighted by Gasteiger charge is -2.32. The largest absolute Gasteiger partial charge is 0.508 e. The first-order valence-electron chi connectivity index (χ1n) is 40.4. The Hall–Kier alpha value is -12.1. The van der Waals surface area contributed by atoms with Crippen LogP contribution in [0, 0.1) is 17.8 Å². The van der Waals surface area contributed by atoms with Crippen molar-refractivity contribution in [1.82, 2.24) is 79.1 Å². The van der Waals surface area contributed by atoms with E-state index >= 15 is 0 Å². The lowest BCUT2D eigenvalue weighted by molar-refractivity contribution is -0.140. The lowest BCUT2D eigenvalue weighted by Crippen LogP contribution is -2.64. The number of hydrogen-bond acceptors (Lipinski definition) is 23. The second-order valence-electron chi connectivity index (χ2n) is 31.7. The van der Waals surface area contributed by atoms with E-state index in [4.69, 9.17) is 50.0 Å². The molecule has 31 N–H and O–H groups in total. The van der Waals surface area contributed by atoms with E-state index in [1.807, 2.05) is 0 Å². The summed E-state index contributed by atoms with van der Waals surface area (Å²) in [5.74, 6) is -19.1. The van der Waals surface area contributed by atoms with Crippen LogP contribution in [-0.2, 0) is 99.1 Å². The third-order valence-electron chi connectivity index (χ3n) is 18.9. The minimum Gasteiger partial charge on any atom is -0.508 e. The number of guanidine groups is 1. The third kappa shape index (κ3) is 42.2. The van der Waals surface area contributed by atoms with Crippen LogP contribution in [-0.4, -0.2) is 234 Å². The van der Waals surface area contributed by atoms with E-state index in [9.17, 15) is 91.7 Å². The Balaban J connectivity index is 0.0000182. The first kappa shape index (κ1) is 108. The molecule has 44 nitrogen and oxygen atoms in total. The quantitative estimate of drug-likeness (QED) is 0.0168. The third-order valence-corrected chi connectivity index (χ3v) is 18.9. The van der Waals surface area contributed by atoms with Crippen LogP contribution in [0.4, 0.5) is 0 Å². The van der Waals surface area contributed by atoms with Gasteiger partial charge in [0.1, 0.15) is 83.8 Å². The van der Waals surface area contributed by atoms with Crippen LogP contribution in [0.1, 0.15) is 204 Å². The summed E-state index contributed by atoms with van der Waals surface area (Å²) in [6.07, 6.45) is 0.396. The second kappa shape index (κ2) is 54.2. The van der Waals surface area contributed by atoms with E-state index in [1.165, 1.54) is 71.4 Å². The van der Waals surface area contributed by atoms with Gasteiger partial charge in [-0.3, -0.25) is 91.3 Å². The molecule has 2 aromatic rings. The van der Waals surface area contributed by atoms with Gasteiger partial charge in [-0.2, -0.15) is 0 Å². The Morgan fingerprint density at radius 3 is 1.37 bits per heavy atom. The van der Waals surface area contributed by atoms with Gasteiger partial charge >= 0.3 is 5.97 Å². The smallest absolute Gasteiger partial charge is 0.303 e. The Bertz CT molecular complexity index is 3860. The SMILES string of the molecule is CC(=O)O.CCCCC(NC(=O)C(CC(C)C)NC(=O)C(CCC(N)=O)NC(=O)C(NC(=O)C(CCC(=O)O)NC(=O)C(C)(C)NC(=O)C(NC(=O)C(C)(C)N)C(C)C)C(C)CC)C(=O)NC(Cc1cnc[nH]1)C(=O)NC(CCC(N)=O)C(=O)NC(CCCN=C(N)N)C(=O)NC(C)C(=O)NC(CCCCN)C(=O)NC(Cc1ccc(O)cc1)C(N)=O. The van der Waals surface area contributed by atoms with Crippen LogP contribution in [0.5, 0.6) is 5.75 Å². The van der Waals surface area contributed by atoms with Crippen molar-refractivity contribution in [2.24, 2.45) is 62.9 Å². The maximum Gasteiger partial charge on any atom is 0.303 e. The average molecular weight is 1730 g/mol. The summed E-state index contributed by atoms with van der Waals surface area (Å²) in [5, 5.41) is 60.2. The van der Waals surface area contributed by atoms with Crippen LogP contribution in [0.15, 0.2) is 41.8 Å². The minimum atomic E-state index is -1.82. The molecule has 0 saturated heterocycles. The molecule has 684 valence electrons. The van der Waals surface area contributed by atoms with Crippen molar-refractivity contribution in [2.45, 2.75) is 289 Å². The second-order valence-corrected chi connectivity index (χ2v) is 31.7. The number of imidazole rings is 1. The molecule has 0 aliphatic rings. The normalized spacial score (nSPS) is 14.4. The monoisotopic (exact) mass is 1730 g/mol. The number of carboxylic acid groups (broad SMARTS) is 2. The molecular formula is C78H131N23O21. The molecule has 1 aromatic heterocycles. The standard InChI is InChI=1S/C76H127N23O19.C2H4O2/c1-13-15-19-46(90-68(113)53(34-39(3)4)94-66(111)50(27-30-56(79)102)92-70(115)59(41(7)14-2)97-67(112)51(28-31-57(103)104)96-73(118)76(11,12)99-71(116)58(40(5)6)98-72(117)75(9,10)83)64(109)95-54(36-44-37-84-38-86-44)69(114)91-49(26-29-55(78)101)65(110)89-48(21-18-33-85-74(81)82)62(107)87-42(8)61(106)88-47(20-16-17-32-77)63(108)93-52(60(80)105)35-43-22-24-45(100)25-23-43;1-2(3)4/h22-25,37-42,46-54,58-59,100H,13-21,26-36,77,83H2,1-12H3,(H2,78,101)(H2,79,102)(H2,80,105)(H,84,86)(H,87,107)(H,88,106)(H,89,110)(H,90,113)(H,91,114)(H,92,115)(H,93,108)(H,94,111)(H,95,109)(H,96,118)(H,97,112)(H,98,117)(H,99,116)(H,103,104)(H4,81,82,85);1H3,(H,3,4). The number of hydrogen-bond donors (Lipinski definition) is 24. The van der Waals surface area contributed by atoms with E-state index in [-0.39, 0.29) is 87.8 Å². The number of amides is 16. The van der Waals surface area contributed by atoms with E-state index < -0.39 is 240 Å². The maximum atomic E-state index is 14.8. The number of aliphatic imine (C=N–C) groups is 1. The highest BCUT2D eigenvalue weighted by Crippen LogP contribution is 2.18. The predicted molar refractivity (Wildman–Crippen MR) is 446 cm³/mol. The molecule has 0 spiro atoms. The van der Waals surface area contributed by atoms with Crippen LogP contribution in [0.25, 0.3) is 0 Å². The lowest BCUT2D eigenvalue weighted by atomic mass is 9.96. The molecule has 0 aliphatic carbocycles. The van der Waals surface area contributed by atoms with Gasteiger partial charge in [-0.25, -0.2) is 4.98 Å². The Kier molecular flexibility index (Phi) is 47.9. The molecule has 1 aromatic carbocycles. The number of phenolic OH excluding ortho intramolecular Hbond substituents is 1. The minimum absolute atomic E-state index is 0.0281. The fourth-order valence-electron chi connectivity index (χ4n) is 11.6. The summed E-state index contributed by atoms with van der Waals surface area (Å²) in [4.78, 5) is 254. The molecule has 0 fully saturated rings. The number of rotatable bonds is 56. The van der Waals surface area contributed by atoms with Crippen molar-refractivity contribution in [1.29, 1.82) is 0 Å². The van der Waals surface area contributed by atoms with E-state index in [1.54, 1.807) is 48.5 Å². The molecule has 2 rings (SSSR count). The van der Waals surface area contributed by atoms with Gasteiger partial charge in [0, 0.05) is 57.5 Å². The van der Waals surface area contributed by atoms with Gasteiger partial charge < -0.3 is 130 Å². The molecule has 0 saturated carbocycles. The molecule has 0 radical (unpaired) electrons. The van der Waals surface area contributed by atoms with E-state index in [2.05, 4.69) is 84.1 Å². The van der Waals surface area contributed by atoms with Gasteiger partial charge in [0.15, 0.2) is 5.96 Å². The van der Waals surface area contributed by atoms with E-state index in [0.29, 0.717) is 31.2 Å². The topological polar surface area (TPSA) is 748 Å². The number of unbranched alkanes of at least 4 members (excludes halogenated alkanes) is 2. The highest BCUT2D eigenvalue weighted by Gasteiger charge is 2.41. The Morgan fingerprint density at radius 1 is 0.484 bits per heavy atom. The first-order valence-corrected chi connectivity index (χ1v) is 40.4. The highest BCUT2D eigenvalue weighted by atomic mass is 16.4. The maximum absolute atomic E-state index is 14.8. The summed E-state index contributed by atoms with van der Waals surface area (Å²) < 4.78 is 0. The zero-order valence-corrected chi connectivity index (χ0v) is 71.9. The van der Waals surface area contributed by atoms with Gasteiger partial charge in [-0.05, 0) is 141 Å². The number of carboxylic acids is 2. The zero-order chi connectivity index (χ0) is 93.1. The van der Waals surface area contributed by atoms with Crippen molar-refractivity contribution < 1.29 is 102 Å².